The topological polar surface area (TPSA) is 97.0 Å². The Labute approximate surface area is 166 Å². The number of carbonyl (C=O) groups is 1. The van der Waals surface area contributed by atoms with Crippen LogP contribution in [0.2, 0.25) is 0 Å². The van der Waals surface area contributed by atoms with Crippen LogP contribution in [0.25, 0.3) is 0 Å². The predicted molar refractivity (Wildman–Crippen MR) is 105 cm³/mol. The molecular formula is C19H29N3O5S. The van der Waals surface area contributed by atoms with Crippen LogP contribution in [0.5, 0.6) is 11.5 Å². The number of benzene rings is 1. The minimum atomic E-state index is -3.63. The zero-order valence-corrected chi connectivity index (χ0v) is 17.5. The molecule has 9 heteroatoms. The van der Waals surface area contributed by atoms with Gasteiger partial charge in [0.05, 0.1) is 4.90 Å². The van der Waals surface area contributed by atoms with Crippen molar-refractivity contribution < 1.29 is 22.7 Å². The molecule has 0 spiro atoms. The number of rotatable bonds is 4. The lowest BCUT2D eigenvalue weighted by atomic mass is 9.97. The second-order valence-electron chi connectivity index (χ2n) is 8.27. The van der Waals surface area contributed by atoms with Gasteiger partial charge in [0.1, 0.15) is 13.2 Å². The van der Waals surface area contributed by atoms with Gasteiger partial charge >= 0.3 is 6.03 Å². The molecule has 2 N–H and O–H groups in total. The zero-order valence-electron chi connectivity index (χ0n) is 16.7. The van der Waals surface area contributed by atoms with Gasteiger partial charge in [0.25, 0.3) is 0 Å². The third kappa shape index (κ3) is 5.29. The van der Waals surface area contributed by atoms with E-state index >= 15 is 0 Å². The van der Waals surface area contributed by atoms with Gasteiger partial charge in [-0.2, -0.15) is 0 Å². The van der Waals surface area contributed by atoms with E-state index in [9.17, 15) is 13.2 Å². The molecule has 2 amide bonds. The molecular weight excluding hydrogens is 382 g/mol. The second-order valence-corrected chi connectivity index (χ2v) is 10.0. The molecule has 8 nitrogen and oxygen atoms in total. The molecule has 1 fully saturated rings. The van der Waals surface area contributed by atoms with Gasteiger partial charge in [-0.1, -0.05) is 0 Å². The summed E-state index contributed by atoms with van der Waals surface area (Å²) in [5.41, 5.74) is -0.271. The van der Waals surface area contributed by atoms with Crippen LogP contribution in [0.3, 0.4) is 0 Å². The number of hydrogen-bond acceptors (Lipinski definition) is 5. The number of sulfonamides is 1. The summed E-state index contributed by atoms with van der Waals surface area (Å²) in [6.07, 6.45) is 1.53. The maximum Gasteiger partial charge on any atom is 0.317 e. The normalized spacial score (nSPS) is 18.0. The SMILES string of the molecule is CC(C)(C)NC(=O)N1CCC(CNS(=O)(=O)c2ccc3c(c2)OCCO3)CC1. The van der Waals surface area contributed by atoms with E-state index in [1.54, 1.807) is 11.0 Å². The molecule has 1 aromatic rings. The Morgan fingerprint density at radius 3 is 2.43 bits per heavy atom. The second kappa shape index (κ2) is 8.16. The fraction of sp³-hybridized carbons (Fsp3) is 0.632. The fourth-order valence-electron chi connectivity index (χ4n) is 3.24. The summed E-state index contributed by atoms with van der Waals surface area (Å²) in [6.45, 7) is 8.32. The van der Waals surface area contributed by atoms with Gasteiger partial charge in [-0.25, -0.2) is 17.9 Å². The van der Waals surface area contributed by atoms with Crippen LogP contribution in [0, 0.1) is 5.92 Å². The summed E-state index contributed by atoms with van der Waals surface area (Å²) in [4.78, 5) is 14.2. The molecule has 156 valence electrons. The van der Waals surface area contributed by atoms with Crippen molar-refractivity contribution in [3.05, 3.63) is 18.2 Å². The van der Waals surface area contributed by atoms with Crippen molar-refractivity contribution in [1.29, 1.82) is 0 Å². The van der Waals surface area contributed by atoms with Gasteiger partial charge in [0, 0.05) is 31.2 Å². The monoisotopic (exact) mass is 411 g/mol. The number of amides is 2. The van der Waals surface area contributed by atoms with E-state index in [2.05, 4.69) is 10.0 Å². The van der Waals surface area contributed by atoms with Gasteiger partial charge in [0.2, 0.25) is 10.0 Å². The first-order chi connectivity index (χ1) is 13.1. The summed E-state index contributed by atoms with van der Waals surface area (Å²) in [5, 5.41) is 2.96. The molecule has 0 atom stereocenters. The van der Waals surface area contributed by atoms with Gasteiger partial charge < -0.3 is 19.7 Å². The standard InChI is InChI=1S/C19H29N3O5S/c1-19(2,3)21-18(23)22-8-6-14(7-9-22)13-20-28(24,25)15-4-5-16-17(12-15)27-11-10-26-16/h4-5,12,14,20H,6-11,13H2,1-3H3,(H,21,23). The molecule has 2 aliphatic rings. The highest BCUT2D eigenvalue weighted by Crippen LogP contribution is 2.32. The minimum Gasteiger partial charge on any atom is -0.486 e. The largest absolute Gasteiger partial charge is 0.486 e. The van der Waals surface area contributed by atoms with E-state index in [0.717, 1.165) is 12.8 Å². The lowest BCUT2D eigenvalue weighted by Crippen LogP contribution is -2.51. The molecule has 2 aliphatic heterocycles. The van der Waals surface area contributed by atoms with Crippen LogP contribution in [0.15, 0.2) is 23.1 Å². The lowest BCUT2D eigenvalue weighted by Gasteiger charge is -2.34. The summed E-state index contributed by atoms with van der Waals surface area (Å²) in [5.74, 6) is 1.21. The van der Waals surface area contributed by atoms with Crippen molar-refractivity contribution in [3.8, 4) is 11.5 Å². The first kappa shape index (κ1) is 20.7. The molecule has 28 heavy (non-hydrogen) atoms. The number of nitrogens with zero attached hydrogens (tertiary/aromatic N) is 1. The van der Waals surface area contributed by atoms with Crippen LogP contribution in [-0.2, 0) is 10.0 Å². The van der Waals surface area contributed by atoms with Crippen LogP contribution >= 0.6 is 0 Å². The van der Waals surface area contributed by atoms with Gasteiger partial charge in [0.15, 0.2) is 11.5 Å². The van der Waals surface area contributed by atoms with Crippen molar-refractivity contribution in [2.75, 3.05) is 32.8 Å². The number of ether oxygens (including phenoxy) is 2. The quantitative estimate of drug-likeness (QED) is 0.789. The molecule has 0 saturated carbocycles. The summed E-state index contributed by atoms with van der Waals surface area (Å²) in [7, 11) is -3.63. The van der Waals surface area contributed by atoms with E-state index < -0.39 is 10.0 Å². The third-order valence-electron chi connectivity index (χ3n) is 4.77. The molecule has 0 radical (unpaired) electrons. The average Bonchev–Trinajstić information content (AvgIpc) is 2.65. The van der Waals surface area contributed by atoms with Crippen LogP contribution in [-0.4, -0.2) is 57.7 Å². The highest BCUT2D eigenvalue weighted by Gasteiger charge is 2.26. The number of nitrogens with one attached hydrogen (secondary N) is 2. The molecule has 1 saturated heterocycles. The summed E-state index contributed by atoms with van der Waals surface area (Å²) in [6, 6.07) is 4.57. The fourth-order valence-corrected chi connectivity index (χ4v) is 4.37. The predicted octanol–water partition coefficient (Wildman–Crippen LogP) is 1.96. The highest BCUT2D eigenvalue weighted by molar-refractivity contribution is 7.89. The molecule has 3 rings (SSSR count). The number of likely N-dealkylation sites (tertiary alicyclic amines) is 1. The zero-order chi connectivity index (χ0) is 20.4. The molecule has 0 bridgehead atoms. The van der Waals surface area contributed by atoms with Crippen molar-refractivity contribution in [2.24, 2.45) is 5.92 Å². The first-order valence-corrected chi connectivity index (χ1v) is 11.1. The molecule has 1 aromatic carbocycles. The van der Waals surface area contributed by atoms with E-state index in [-0.39, 0.29) is 22.4 Å². The Balaban J connectivity index is 1.51. The minimum absolute atomic E-state index is 0.0668. The summed E-state index contributed by atoms with van der Waals surface area (Å²) < 4.78 is 38.8. The summed E-state index contributed by atoms with van der Waals surface area (Å²) >= 11 is 0. The van der Waals surface area contributed by atoms with Gasteiger partial charge in [-0.15, -0.1) is 0 Å². The molecule has 0 aliphatic carbocycles. The van der Waals surface area contributed by atoms with E-state index in [4.69, 9.17) is 9.47 Å². The Bertz CT molecular complexity index is 811. The Morgan fingerprint density at radius 2 is 1.79 bits per heavy atom. The van der Waals surface area contributed by atoms with E-state index in [1.165, 1.54) is 12.1 Å². The Hall–Kier alpha value is -2.00. The maximum absolute atomic E-state index is 12.6. The van der Waals surface area contributed by atoms with E-state index in [0.29, 0.717) is 44.3 Å². The molecule has 0 aromatic heterocycles. The Morgan fingerprint density at radius 1 is 1.14 bits per heavy atom. The maximum atomic E-state index is 12.6. The molecule has 2 heterocycles. The van der Waals surface area contributed by atoms with Crippen molar-refractivity contribution in [2.45, 2.75) is 44.0 Å². The smallest absolute Gasteiger partial charge is 0.317 e. The highest BCUT2D eigenvalue weighted by atomic mass is 32.2. The van der Waals surface area contributed by atoms with Crippen molar-refractivity contribution in [3.63, 3.8) is 0 Å². The number of carbonyl (C=O) groups excluding carboxylic acids is 1. The number of piperidine rings is 1. The van der Waals surface area contributed by atoms with Crippen molar-refractivity contribution >= 4 is 16.1 Å². The van der Waals surface area contributed by atoms with Crippen LogP contribution in [0.1, 0.15) is 33.6 Å². The van der Waals surface area contributed by atoms with Gasteiger partial charge in [-0.3, -0.25) is 0 Å². The van der Waals surface area contributed by atoms with Crippen LogP contribution in [0.4, 0.5) is 4.79 Å². The Kier molecular flexibility index (Phi) is 6.04. The number of fused-ring (bicyclic) bond motifs is 1. The van der Waals surface area contributed by atoms with Crippen LogP contribution < -0.4 is 19.5 Å². The average molecular weight is 412 g/mol. The van der Waals surface area contributed by atoms with Crippen molar-refractivity contribution in [1.82, 2.24) is 14.9 Å². The third-order valence-corrected chi connectivity index (χ3v) is 6.19. The number of urea groups is 1. The van der Waals surface area contributed by atoms with E-state index in [1.807, 2.05) is 20.8 Å². The number of hydrogen-bond donors (Lipinski definition) is 2. The lowest BCUT2D eigenvalue weighted by molar-refractivity contribution is 0.163. The van der Waals surface area contributed by atoms with Gasteiger partial charge in [-0.05, 0) is 51.7 Å². The molecule has 0 unspecified atom stereocenters. The first-order valence-electron chi connectivity index (χ1n) is 9.60.